The highest BCUT2D eigenvalue weighted by atomic mass is 19.1. The molecule has 3 aromatic rings. The van der Waals surface area contributed by atoms with Crippen molar-refractivity contribution >= 4 is 17.8 Å². The number of carboxylic acids is 1. The minimum atomic E-state index is -2.07. The zero-order valence-electron chi connectivity index (χ0n) is 23.7. The summed E-state index contributed by atoms with van der Waals surface area (Å²) in [5.41, 5.74) is -2.72. The Hall–Kier alpha value is -4.78. The third kappa shape index (κ3) is 6.57. The number of ether oxygens (including phenoxy) is 2. The highest BCUT2D eigenvalue weighted by Gasteiger charge is 2.49. The summed E-state index contributed by atoms with van der Waals surface area (Å²) in [6, 6.07) is 5.14. The molecule has 1 aliphatic heterocycles. The molecule has 44 heavy (non-hydrogen) atoms. The number of carbonyl (C=O) groups is 3. The fraction of sp³-hybridized carbons (Fsp3) is 0.423. The minimum Gasteiger partial charge on any atom is -0.479 e. The number of aliphatic hydroxyl groups excluding tert-OH is 3. The average molecular weight is 621 g/mol. The van der Waals surface area contributed by atoms with Gasteiger partial charge in [-0.1, -0.05) is 12.1 Å². The van der Waals surface area contributed by atoms with Crippen molar-refractivity contribution in [2.24, 2.45) is 7.05 Å². The molecule has 0 spiro atoms. The fourth-order valence-electron chi connectivity index (χ4n) is 4.32. The summed E-state index contributed by atoms with van der Waals surface area (Å²) in [6.45, 7) is 4.23. The van der Waals surface area contributed by atoms with Gasteiger partial charge in [-0.15, -0.1) is 10.2 Å². The molecule has 1 saturated heterocycles. The topological polar surface area (TPSA) is 248 Å². The number of aromatic nitrogens is 4. The van der Waals surface area contributed by atoms with Crippen molar-refractivity contribution in [3.63, 3.8) is 0 Å². The van der Waals surface area contributed by atoms with Crippen LogP contribution in [0.2, 0.25) is 0 Å². The van der Waals surface area contributed by atoms with E-state index in [0.29, 0.717) is 5.56 Å². The first-order chi connectivity index (χ1) is 20.6. The van der Waals surface area contributed by atoms with E-state index in [1.807, 2.05) is 0 Å². The lowest BCUT2D eigenvalue weighted by atomic mass is 9.99. The molecular formula is C26H29FN6O11. The van der Waals surface area contributed by atoms with Crippen LogP contribution in [0.15, 0.2) is 33.5 Å². The molecule has 6 N–H and O–H groups in total. The van der Waals surface area contributed by atoms with E-state index >= 15 is 0 Å². The van der Waals surface area contributed by atoms with Gasteiger partial charge in [0.05, 0.1) is 5.54 Å². The van der Waals surface area contributed by atoms with Crippen molar-refractivity contribution in [1.29, 1.82) is 0 Å². The van der Waals surface area contributed by atoms with E-state index in [1.54, 1.807) is 0 Å². The van der Waals surface area contributed by atoms with Crippen LogP contribution in [0.3, 0.4) is 0 Å². The van der Waals surface area contributed by atoms with E-state index in [9.17, 15) is 44.0 Å². The third-order valence-electron chi connectivity index (χ3n) is 6.58. The Labute approximate surface area is 247 Å². The number of carbonyl (C=O) groups excluding carboxylic acids is 2. The van der Waals surface area contributed by atoms with E-state index in [2.05, 4.69) is 25.8 Å². The SMILES string of the molecule is Cc1nnc(C(=O)NC(C)(C)c2nc(C(=O)NCc3ccc(F)cc3)c(O[C@@H]3O[C@H](C(=O)O)[C@@H](O)C(O)C3O)c(=O)n2C)o1. The number of amides is 2. The van der Waals surface area contributed by atoms with Gasteiger partial charge in [0, 0.05) is 20.5 Å². The van der Waals surface area contributed by atoms with Crippen molar-refractivity contribution in [2.75, 3.05) is 0 Å². The van der Waals surface area contributed by atoms with Crippen LogP contribution >= 0.6 is 0 Å². The lowest BCUT2D eigenvalue weighted by molar-refractivity contribution is -0.271. The van der Waals surface area contributed by atoms with E-state index in [4.69, 9.17) is 13.9 Å². The predicted molar refractivity (Wildman–Crippen MR) is 142 cm³/mol. The molecule has 18 heteroatoms. The molecule has 5 atom stereocenters. The Kier molecular flexibility index (Phi) is 9.09. The molecule has 0 bridgehead atoms. The van der Waals surface area contributed by atoms with Gasteiger partial charge in [0.25, 0.3) is 11.5 Å². The van der Waals surface area contributed by atoms with Crippen LogP contribution in [0.5, 0.6) is 5.75 Å². The van der Waals surface area contributed by atoms with Crippen molar-refractivity contribution in [1.82, 2.24) is 30.4 Å². The molecule has 4 rings (SSSR count). The second-order valence-electron chi connectivity index (χ2n) is 10.3. The van der Waals surface area contributed by atoms with Gasteiger partial charge < -0.3 is 45.0 Å². The smallest absolute Gasteiger partial charge is 0.335 e. The number of hydrogen-bond acceptors (Lipinski definition) is 13. The van der Waals surface area contributed by atoms with Gasteiger partial charge >= 0.3 is 17.8 Å². The minimum absolute atomic E-state index is 0.120. The van der Waals surface area contributed by atoms with Crippen LogP contribution in [0.1, 0.15) is 52.3 Å². The number of aryl methyl sites for hydroxylation is 1. The maximum atomic E-state index is 13.6. The molecule has 2 aromatic heterocycles. The van der Waals surface area contributed by atoms with Crippen LogP contribution in [0.4, 0.5) is 4.39 Å². The average Bonchev–Trinajstić information content (AvgIpc) is 3.41. The largest absolute Gasteiger partial charge is 0.479 e. The molecule has 3 heterocycles. The number of hydrogen-bond donors (Lipinski definition) is 6. The van der Waals surface area contributed by atoms with Gasteiger partial charge in [0.2, 0.25) is 17.9 Å². The number of benzene rings is 1. The van der Waals surface area contributed by atoms with Crippen molar-refractivity contribution in [3.8, 4) is 5.75 Å². The fourth-order valence-corrected chi connectivity index (χ4v) is 4.32. The number of rotatable bonds is 9. The summed E-state index contributed by atoms with van der Waals surface area (Å²) in [6.07, 6.45) is -10.3. The highest BCUT2D eigenvalue weighted by molar-refractivity contribution is 5.95. The molecule has 0 radical (unpaired) electrons. The number of nitrogens with one attached hydrogen (secondary N) is 2. The Morgan fingerprint density at radius 1 is 1.07 bits per heavy atom. The molecule has 17 nitrogen and oxygen atoms in total. The van der Waals surface area contributed by atoms with Gasteiger partial charge in [-0.25, -0.2) is 14.2 Å². The molecule has 1 aromatic carbocycles. The normalized spacial score (nSPS) is 21.9. The summed E-state index contributed by atoms with van der Waals surface area (Å²) in [5.74, 6) is -5.28. The molecule has 1 aliphatic rings. The number of halogens is 1. The maximum absolute atomic E-state index is 13.6. The quantitative estimate of drug-likeness (QED) is 0.159. The predicted octanol–water partition coefficient (Wildman–Crippen LogP) is -1.52. The molecule has 0 saturated carbocycles. The second kappa shape index (κ2) is 12.4. The number of aliphatic carboxylic acids is 1. The Bertz CT molecular complexity index is 1620. The first-order valence-electron chi connectivity index (χ1n) is 13.0. The number of nitrogens with zero attached hydrogens (tertiary/aromatic N) is 4. The van der Waals surface area contributed by atoms with Gasteiger partial charge in [-0.2, -0.15) is 0 Å². The lowest BCUT2D eigenvalue weighted by Crippen LogP contribution is -2.61. The molecule has 1 fully saturated rings. The van der Waals surface area contributed by atoms with Crippen LogP contribution < -0.4 is 20.9 Å². The number of aliphatic hydroxyl groups is 3. The van der Waals surface area contributed by atoms with Gasteiger partial charge in [-0.05, 0) is 31.5 Å². The van der Waals surface area contributed by atoms with Crippen LogP contribution in [-0.2, 0) is 28.7 Å². The zero-order chi connectivity index (χ0) is 32.5. The molecule has 0 aliphatic carbocycles. The van der Waals surface area contributed by atoms with Crippen molar-refractivity contribution < 1.29 is 53.1 Å². The molecular weight excluding hydrogens is 591 g/mol. The molecule has 2 unspecified atom stereocenters. The van der Waals surface area contributed by atoms with Crippen LogP contribution in [0, 0.1) is 12.7 Å². The summed E-state index contributed by atoms with van der Waals surface area (Å²) in [4.78, 5) is 55.7. The standard InChI is InChI=1S/C26H29FN6O11/c1-10-31-32-21(42-10)20(38)30-26(2,3)25-29-13(19(37)28-9-11-5-7-12(27)8-6-11)17(22(39)33(25)4)43-24-16(36)14(34)15(35)18(44-24)23(40)41/h5-8,14-16,18,24,34-36H,9H2,1-4H3,(H,28,37)(H,30,38)(H,40,41)/t14?,15-,16?,18-,24+/m0/s1. The maximum Gasteiger partial charge on any atom is 0.335 e. The van der Waals surface area contributed by atoms with E-state index in [0.717, 1.165) is 4.57 Å². The Morgan fingerprint density at radius 3 is 2.32 bits per heavy atom. The Balaban J connectivity index is 1.74. The highest BCUT2D eigenvalue weighted by Crippen LogP contribution is 2.26. The summed E-state index contributed by atoms with van der Waals surface area (Å²) < 4.78 is 30.0. The Morgan fingerprint density at radius 2 is 1.73 bits per heavy atom. The van der Waals surface area contributed by atoms with Crippen molar-refractivity contribution in [2.45, 2.75) is 63.6 Å². The monoisotopic (exact) mass is 620 g/mol. The van der Waals surface area contributed by atoms with E-state index in [-0.39, 0.29) is 24.2 Å². The zero-order valence-corrected chi connectivity index (χ0v) is 23.7. The second-order valence-corrected chi connectivity index (χ2v) is 10.3. The van der Waals surface area contributed by atoms with E-state index < -0.39 is 76.8 Å². The molecule has 2 amide bonds. The number of carboxylic acid groups (broad SMARTS) is 1. The summed E-state index contributed by atoms with van der Waals surface area (Å²) in [7, 11) is 1.24. The van der Waals surface area contributed by atoms with Gasteiger partial charge in [-0.3, -0.25) is 19.0 Å². The van der Waals surface area contributed by atoms with Gasteiger partial charge in [0.15, 0.2) is 11.8 Å². The third-order valence-corrected chi connectivity index (χ3v) is 6.58. The van der Waals surface area contributed by atoms with Crippen molar-refractivity contribution in [3.05, 3.63) is 69.3 Å². The first kappa shape index (κ1) is 32.1. The van der Waals surface area contributed by atoms with Gasteiger partial charge in [0.1, 0.15) is 30.0 Å². The van der Waals surface area contributed by atoms with E-state index in [1.165, 1.54) is 52.1 Å². The van der Waals surface area contributed by atoms with Crippen LogP contribution in [0.25, 0.3) is 0 Å². The first-order valence-corrected chi connectivity index (χ1v) is 13.0. The summed E-state index contributed by atoms with van der Waals surface area (Å²) >= 11 is 0. The summed E-state index contributed by atoms with van der Waals surface area (Å²) in [5, 5.41) is 52.3. The molecule has 236 valence electrons. The van der Waals surface area contributed by atoms with Crippen LogP contribution in [-0.4, -0.2) is 88.7 Å². The lowest BCUT2D eigenvalue weighted by Gasteiger charge is -2.38.